The Morgan fingerprint density at radius 2 is 1.26 bits per heavy atom. The zero-order chi connectivity index (χ0) is 24.8. The molecule has 190 valence electrons. The molecule has 4 heteroatoms. The number of halogens is 2. The molecule has 0 aromatic heterocycles. The van der Waals surface area contributed by atoms with Crippen LogP contribution in [0.2, 0.25) is 12.1 Å². The number of benzene rings is 2. The van der Waals surface area contributed by atoms with Crippen molar-refractivity contribution in [1.29, 1.82) is 0 Å². The molecule has 3 aromatic rings. The van der Waals surface area contributed by atoms with Gasteiger partial charge in [-0.05, 0) is 10.8 Å². The van der Waals surface area contributed by atoms with Gasteiger partial charge in [0.2, 0.25) is 0 Å². The Kier molecular flexibility index (Phi) is 14.8. The molecular formula is C31H42Cl2SiZr-2. The van der Waals surface area contributed by atoms with Crippen molar-refractivity contribution >= 4 is 27.0 Å². The summed E-state index contributed by atoms with van der Waals surface area (Å²) in [4.78, 5) is 0. The predicted octanol–water partition coefficient (Wildman–Crippen LogP) is 3.58. The summed E-state index contributed by atoms with van der Waals surface area (Å²) in [5.41, 5.74) is 4.71. The summed E-state index contributed by atoms with van der Waals surface area (Å²) >= 11 is 1.80. The van der Waals surface area contributed by atoms with Gasteiger partial charge in [0.05, 0.1) is 0 Å². The third-order valence-corrected chi connectivity index (χ3v) is 13.1. The van der Waals surface area contributed by atoms with E-state index in [2.05, 4.69) is 123 Å². The van der Waals surface area contributed by atoms with Gasteiger partial charge in [0.1, 0.15) is 0 Å². The first-order valence-corrected chi connectivity index (χ1v) is 17.9. The SMILES string of the molecule is CC(C)(C)c1ccc2c(c1)[cH-]c1cc(C(C)(C)C)ccc12.CC1=[C-]CC=C1.CC[Si](=[Zr+2])CC.[Cl-].[Cl-]. The molecule has 0 saturated heterocycles. The molecule has 35 heavy (non-hydrogen) atoms. The van der Waals surface area contributed by atoms with E-state index in [4.69, 9.17) is 0 Å². The largest absolute Gasteiger partial charge is 1.00 e. The van der Waals surface area contributed by atoms with E-state index in [9.17, 15) is 0 Å². The first kappa shape index (κ1) is 34.5. The predicted molar refractivity (Wildman–Crippen MR) is 147 cm³/mol. The third kappa shape index (κ3) is 10.4. The van der Waals surface area contributed by atoms with E-state index in [0.29, 0.717) is 0 Å². The quantitative estimate of drug-likeness (QED) is 0.310. The minimum absolute atomic E-state index is 0. The van der Waals surface area contributed by atoms with E-state index in [1.807, 2.05) is 0 Å². The van der Waals surface area contributed by atoms with Gasteiger partial charge >= 0.3 is 54.7 Å². The Labute approximate surface area is 242 Å². The van der Waals surface area contributed by atoms with Crippen LogP contribution in [0.3, 0.4) is 0 Å². The molecule has 0 amide bonds. The fourth-order valence-corrected chi connectivity index (χ4v) is 4.22. The second-order valence-electron chi connectivity index (χ2n) is 11.0. The second kappa shape index (κ2) is 15.0. The zero-order valence-corrected chi connectivity index (χ0v) is 28.0. The average Bonchev–Trinajstić information content (AvgIpc) is 3.38. The third-order valence-electron chi connectivity index (χ3n) is 6.16. The Balaban J connectivity index is 0.000000688. The fraction of sp³-hybridized carbons (Fsp3) is 0.452. The summed E-state index contributed by atoms with van der Waals surface area (Å²) in [6.07, 6.45) is 8.33. The minimum Gasteiger partial charge on any atom is -1.00 e. The van der Waals surface area contributed by atoms with Crippen molar-refractivity contribution in [3.8, 4) is 0 Å². The van der Waals surface area contributed by atoms with Crippen molar-refractivity contribution < 1.29 is 48.1 Å². The summed E-state index contributed by atoms with van der Waals surface area (Å²) in [6, 6.07) is 19.1. The van der Waals surface area contributed by atoms with Gasteiger partial charge in [-0.25, -0.2) is 11.6 Å². The maximum absolute atomic E-state index is 3.12. The summed E-state index contributed by atoms with van der Waals surface area (Å²) < 4.78 is 0. The number of allylic oxidation sites excluding steroid dienone is 4. The maximum Gasteiger partial charge on any atom is -1.00 e. The second-order valence-corrected chi connectivity index (χ2v) is 18.9. The van der Waals surface area contributed by atoms with Gasteiger partial charge in [-0.1, -0.05) is 83.9 Å². The number of hydrogen-bond donors (Lipinski definition) is 0. The fourth-order valence-electron chi connectivity index (χ4n) is 3.72. The van der Waals surface area contributed by atoms with E-state index >= 15 is 0 Å². The molecule has 1 aliphatic rings. The normalized spacial score (nSPS) is 12.6. The number of fused-ring (bicyclic) bond motifs is 3. The molecule has 4 rings (SSSR count). The van der Waals surface area contributed by atoms with Gasteiger partial charge < -0.3 is 24.8 Å². The van der Waals surface area contributed by atoms with Crippen molar-refractivity contribution in [3.05, 3.63) is 77.4 Å². The smallest absolute Gasteiger partial charge is 1.00 e. The van der Waals surface area contributed by atoms with Gasteiger partial charge in [-0.15, -0.1) is 46.2 Å². The molecule has 1 aliphatic carbocycles. The molecule has 0 bridgehead atoms. The minimum atomic E-state index is 0. The van der Waals surface area contributed by atoms with Gasteiger partial charge in [0.15, 0.2) is 0 Å². The van der Waals surface area contributed by atoms with Gasteiger partial charge in [-0.3, -0.25) is 6.08 Å². The molecular weight excluding hydrogens is 563 g/mol. The van der Waals surface area contributed by atoms with Gasteiger partial charge in [-0.2, -0.15) is 6.08 Å². The van der Waals surface area contributed by atoms with E-state index in [-0.39, 0.29) is 41.1 Å². The molecule has 0 N–H and O–H groups in total. The topological polar surface area (TPSA) is 0 Å². The summed E-state index contributed by atoms with van der Waals surface area (Å²) in [6.45, 7) is 20.3. The van der Waals surface area contributed by atoms with Crippen LogP contribution in [-0.2, 0) is 34.2 Å². The van der Waals surface area contributed by atoms with Gasteiger partial charge in [0.25, 0.3) is 0 Å². The Hall–Kier alpha value is -0.530. The molecule has 0 unspecified atom stereocenters. The van der Waals surface area contributed by atoms with Crippen LogP contribution in [-0.4, -0.2) is 5.43 Å². The molecule has 3 aromatic carbocycles. The maximum atomic E-state index is 3.12. The molecule has 0 spiro atoms. The molecule has 0 nitrogen and oxygen atoms in total. The zero-order valence-electron chi connectivity index (χ0n) is 23.1. The van der Waals surface area contributed by atoms with Crippen LogP contribution in [0.5, 0.6) is 0 Å². The molecule has 0 atom stereocenters. The molecule has 0 radical (unpaired) electrons. The number of rotatable bonds is 2. The first-order valence-electron chi connectivity index (χ1n) is 12.3. The molecule has 0 fully saturated rings. The molecule has 0 aliphatic heterocycles. The van der Waals surface area contributed by atoms with Crippen LogP contribution >= 0.6 is 0 Å². The van der Waals surface area contributed by atoms with Crippen LogP contribution in [0, 0.1) is 6.08 Å². The Morgan fingerprint density at radius 1 is 0.829 bits per heavy atom. The summed E-state index contributed by atoms with van der Waals surface area (Å²) in [7, 11) is 0. The van der Waals surface area contributed by atoms with Crippen molar-refractivity contribution in [2.24, 2.45) is 0 Å². The van der Waals surface area contributed by atoms with Crippen molar-refractivity contribution in [2.45, 2.75) is 91.7 Å². The molecule has 0 saturated carbocycles. The Morgan fingerprint density at radius 3 is 1.49 bits per heavy atom. The van der Waals surface area contributed by atoms with E-state index in [0.717, 1.165) is 6.42 Å². The van der Waals surface area contributed by atoms with Crippen LogP contribution in [0.25, 0.3) is 21.5 Å². The summed E-state index contributed by atoms with van der Waals surface area (Å²) in [5, 5.41) is 5.48. The van der Waals surface area contributed by atoms with Crippen molar-refractivity contribution in [3.63, 3.8) is 0 Å². The van der Waals surface area contributed by atoms with E-state index in [1.165, 1.54) is 50.3 Å². The first-order chi connectivity index (χ1) is 15.4. The van der Waals surface area contributed by atoms with E-state index < -0.39 is 0 Å². The summed E-state index contributed by atoms with van der Waals surface area (Å²) in [5.74, 6) is 0. The molecule has 0 heterocycles. The standard InChI is InChI=1S/C21H25.C6H7.C4H10Si.2ClH.Zr/c1-20(2,3)16-7-9-18-14(12-16)11-15-13-17(21(4,5)6)8-10-19(15)18;1-6-4-2-3-5-6;1-3-5-4-2;;;/h7-13H,1-6H3;2,4H,3H2,1H3;3-4H2,1-2H3;2*1H;/q2*-1;;;;+2/p-2. The monoisotopic (exact) mass is 602 g/mol. The van der Waals surface area contributed by atoms with Gasteiger partial charge in [0, 0.05) is 0 Å². The van der Waals surface area contributed by atoms with Crippen LogP contribution in [0.4, 0.5) is 0 Å². The van der Waals surface area contributed by atoms with Crippen LogP contribution in [0.15, 0.2) is 60.2 Å². The average molecular weight is 605 g/mol. The van der Waals surface area contributed by atoms with Crippen molar-refractivity contribution in [1.82, 2.24) is 0 Å². The van der Waals surface area contributed by atoms with Crippen LogP contribution in [0.1, 0.15) is 79.9 Å². The van der Waals surface area contributed by atoms with Crippen molar-refractivity contribution in [2.75, 3.05) is 0 Å². The van der Waals surface area contributed by atoms with Crippen LogP contribution < -0.4 is 24.8 Å². The Bertz CT molecular complexity index is 1080. The van der Waals surface area contributed by atoms with E-state index in [1.54, 1.807) is 23.3 Å². The number of hydrogen-bond acceptors (Lipinski definition) is 0.